The van der Waals surface area contributed by atoms with Crippen molar-refractivity contribution in [3.8, 4) is 5.75 Å². The standard InChI is InChI=1S/C21H23N5O3S/c1-14-6-4-7-15(10-14)23-20(28)13-30-21-25-24-18(26(21)2)12-19(27)22-16-8-5-9-17(11-16)29-3/h4-11H,12-13H2,1-3H3,(H,22,27)(H,23,28). The number of nitrogens with zero attached hydrogens (tertiary/aromatic N) is 3. The molecule has 0 bridgehead atoms. The Morgan fingerprint density at radius 2 is 1.73 bits per heavy atom. The molecule has 0 aliphatic carbocycles. The van der Waals surface area contributed by atoms with Crippen LogP contribution in [0.2, 0.25) is 0 Å². The Hall–Kier alpha value is -3.33. The highest BCUT2D eigenvalue weighted by Crippen LogP contribution is 2.19. The maximum Gasteiger partial charge on any atom is 0.234 e. The van der Waals surface area contributed by atoms with Crippen molar-refractivity contribution >= 4 is 35.0 Å². The normalized spacial score (nSPS) is 10.5. The Labute approximate surface area is 179 Å². The van der Waals surface area contributed by atoms with E-state index in [2.05, 4.69) is 20.8 Å². The zero-order chi connectivity index (χ0) is 21.5. The van der Waals surface area contributed by atoms with Crippen molar-refractivity contribution in [3.05, 3.63) is 59.9 Å². The van der Waals surface area contributed by atoms with Crippen LogP contribution in [0.5, 0.6) is 5.75 Å². The SMILES string of the molecule is COc1cccc(NC(=O)Cc2nnc(SCC(=O)Nc3cccc(C)c3)n2C)c1. The molecule has 8 nitrogen and oxygen atoms in total. The third-order valence-electron chi connectivity index (χ3n) is 4.23. The number of amides is 2. The number of carbonyl (C=O) groups excluding carboxylic acids is 2. The smallest absolute Gasteiger partial charge is 0.234 e. The molecule has 0 aliphatic heterocycles. The molecule has 0 radical (unpaired) electrons. The third-order valence-corrected chi connectivity index (χ3v) is 5.25. The average Bonchev–Trinajstić information content (AvgIpc) is 3.06. The first-order chi connectivity index (χ1) is 14.4. The molecule has 0 atom stereocenters. The van der Waals surface area contributed by atoms with E-state index < -0.39 is 0 Å². The molecule has 0 unspecified atom stereocenters. The molecule has 3 rings (SSSR count). The van der Waals surface area contributed by atoms with Crippen LogP contribution in [0.15, 0.2) is 53.7 Å². The largest absolute Gasteiger partial charge is 0.497 e. The highest BCUT2D eigenvalue weighted by molar-refractivity contribution is 7.99. The van der Waals surface area contributed by atoms with Gasteiger partial charge in [-0.3, -0.25) is 9.59 Å². The van der Waals surface area contributed by atoms with Crippen LogP contribution >= 0.6 is 11.8 Å². The Bertz CT molecular complexity index is 1050. The van der Waals surface area contributed by atoms with Crippen molar-refractivity contribution in [3.63, 3.8) is 0 Å². The molecule has 1 aromatic heterocycles. The number of aryl methyl sites for hydroxylation is 1. The number of ether oxygens (including phenoxy) is 1. The molecule has 0 aliphatic rings. The maximum atomic E-state index is 12.3. The minimum atomic E-state index is -0.215. The Kier molecular flexibility index (Phi) is 7.08. The number of hydrogen-bond acceptors (Lipinski definition) is 6. The number of anilines is 2. The first-order valence-corrected chi connectivity index (χ1v) is 10.2. The summed E-state index contributed by atoms with van der Waals surface area (Å²) in [7, 11) is 3.34. The van der Waals surface area contributed by atoms with Gasteiger partial charge in [-0.2, -0.15) is 0 Å². The van der Waals surface area contributed by atoms with E-state index in [-0.39, 0.29) is 24.0 Å². The molecular formula is C21H23N5O3S. The lowest BCUT2D eigenvalue weighted by Crippen LogP contribution is -2.17. The van der Waals surface area contributed by atoms with Crippen LogP contribution in [0.25, 0.3) is 0 Å². The van der Waals surface area contributed by atoms with Gasteiger partial charge in [-0.1, -0.05) is 30.0 Å². The van der Waals surface area contributed by atoms with Gasteiger partial charge in [-0.25, -0.2) is 0 Å². The van der Waals surface area contributed by atoms with Crippen LogP contribution in [0.1, 0.15) is 11.4 Å². The van der Waals surface area contributed by atoms with Crippen molar-refractivity contribution < 1.29 is 14.3 Å². The van der Waals surface area contributed by atoms with Gasteiger partial charge in [0.25, 0.3) is 0 Å². The molecule has 3 aromatic rings. The fraction of sp³-hybridized carbons (Fsp3) is 0.238. The third kappa shape index (κ3) is 5.84. The number of aromatic nitrogens is 3. The Morgan fingerprint density at radius 3 is 2.47 bits per heavy atom. The monoisotopic (exact) mass is 425 g/mol. The van der Waals surface area contributed by atoms with E-state index in [0.29, 0.717) is 22.4 Å². The number of nitrogens with one attached hydrogen (secondary N) is 2. The highest BCUT2D eigenvalue weighted by Gasteiger charge is 2.15. The van der Waals surface area contributed by atoms with E-state index in [1.807, 2.05) is 31.2 Å². The second kappa shape index (κ2) is 9.93. The lowest BCUT2D eigenvalue weighted by molar-refractivity contribution is -0.116. The summed E-state index contributed by atoms with van der Waals surface area (Å²) in [4.78, 5) is 24.5. The molecule has 2 aromatic carbocycles. The van der Waals surface area contributed by atoms with Crippen LogP contribution in [0.4, 0.5) is 11.4 Å². The summed E-state index contributed by atoms with van der Waals surface area (Å²) in [5.74, 6) is 1.01. The summed E-state index contributed by atoms with van der Waals surface area (Å²) >= 11 is 1.26. The van der Waals surface area contributed by atoms with Crippen LogP contribution in [0.3, 0.4) is 0 Å². The number of methoxy groups -OCH3 is 1. The van der Waals surface area contributed by atoms with Gasteiger partial charge < -0.3 is 19.9 Å². The van der Waals surface area contributed by atoms with Gasteiger partial charge >= 0.3 is 0 Å². The summed E-state index contributed by atoms with van der Waals surface area (Å²) in [6, 6.07) is 14.7. The Morgan fingerprint density at radius 1 is 1.03 bits per heavy atom. The van der Waals surface area contributed by atoms with Gasteiger partial charge in [0, 0.05) is 24.5 Å². The van der Waals surface area contributed by atoms with Gasteiger partial charge in [0.2, 0.25) is 11.8 Å². The quantitative estimate of drug-likeness (QED) is 0.539. The van der Waals surface area contributed by atoms with Gasteiger partial charge in [0.05, 0.1) is 19.3 Å². The molecule has 9 heteroatoms. The van der Waals surface area contributed by atoms with Crippen molar-refractivity contribution in [2.75, 3.05) is 23.5 Å². The maximum absolute atomic E-state index is 12.3. The lowest BCUT2D eigenvalue weighted by Gasteiger charge is -2.07. The van der Waals surface area contributed by atoms with E-state index in [4.69, 9.17) is 4.74 Å². The molecule has 156 valence electrons. The van der Waals surface area contributed by atoms with Crippen molar-refractivity contribution in [1.82, 2.24) is 14.8 Å². The molecule has 0 spiro atoms. The highest BCUT2D eigenvalue weighted by atomic mass is 32.2. The van der Waals surface area contributed by atoms with Crippen molar-refractivity contribution in [2.45, 2.75) is 18.5 Å². The first-order valence-electron chi connectivity index (χ1n) is 9.26. The lowest BCUT2D eigenvalue weighted by atomic mass is 10.2. The molecule has 2 N–H and O–H groups in total. The molecule has 30 heavy (non-hydrogen) atoms. The van der Waals surface area contributed by atoms with Gasteiger partial charge in [0.15, 0.2) is 5.16 Å². The Balaban J connectivity index is 1.53. The predicted molar refractivity (Wildman–Crippen MR) is 117 cm³/mol. The molecule has 0 fully saturated rings. The van der Waals surface area contributed by atoms with Gasteiger partial charge in [-0.15, -0.1) is 10.2 Å². The predicted octanol–water partition coefficient (Wildman–Crippen LogP) is 3.04. The number of benzene rings is 2. The number of hydrogen-bond donors (Lipinski definition) is 2. The topological polar surface area (TPSA) is 98.1 Å². The molecule has 0 saturated carbocycles. The molecule has 2 amide bonds. The summed E-state index contributed by atoms with van der Waals surface area (Å²) in [5.41, 5.74) is 2.48. The summed E-state index contributed by atoms with van der Waals surface area (Å²) in [6.07, 6.45) is 0.0662. The van der Waals surface area contributed by atoms with E-state index in [1.54, 1.807) is 43.0 Å². The number of rotatable bonds is 8. The van der Waals surface area contributed by atoms with E-state index in [9.17, 15) is 9.59 Å². The summed E-state index contributed by atoms with van der Waals surface area (Å²) in [6.45, 7) is 1.97. The van der Waals surface area contributed by atoms with Crippen LogP contribution in [-0.4, -0.2) is 39.4 Å². The summed E-state index contributed by atoms with van der Waals surface area (Å²) < 4.78 is 6.87. The van der Waals surface area contributed by atoms with E-state index in [0.717, 1.165) is 11.3 Å². The van der Waals surface area contributed by atoms with Crippen LogP contribution in [0, 0.1) is 6.92 Å². The first kappa shape index (κ1) is 21.4. The zero-order valence-corrected chi connectivity index (χ0v) is 17.8. The fourth-order valence-electron chi connectivity index (χ4n) is 2.72. The van der Waals surface area contributed by atoms with E-state index >= 15 is 0 Å². The molecule has 0 saturated heterocycles. The minimum absolute atomic E-state index is 0.0662. The van der Waals surface area contributed by atoms with E-state index in [1.165, 1.54) is 11.8 Å². The zero-order valence-electron chi connectivity index (χ0n) is 17.0. The fourth-order valence-corrected chi connectivity index (χ4v) is 3.45. The number of carbonyl (C=O) groups is 2. The van der Waals surface area contributed by atoms with Crippen LogP contribution < -0.4 is 15.4 Å². The second-order valence-electron chi connectivity index (χ2n) is 6.62. The average molecular weight is 426 g/mol. The minimum Gasteiger partial charge on any atom is -0.497 e. The summed E-state index contributed by atoms with van der Waals surface area (Å²) in [5, 5.41) is 14.4. The van der Waals surface area contributed by atoms with Crippen LogP contribution in [-0.2, 0) is 23.1 Å². The van der Waals surface area contributed by atoms with Gasteiger partial charge in [-0.05, 0) is 36.8 Å². The second-order valence-corrected chi connectivity index (χ2v) is 7.56. The number of thioether (sulfide) groups is 1. The molecular weight excluding hydrogens is 402 g/mol. The van der Waals surface area contributed by atoms with Crippen molar-refractivity contribution in [1.29, 1.82) is 0 Å². The molecule has 1 heterocycles. The van der Waals surface area contributed by atoms with Crippen molar-refractivity contribution in [2.24, 2.45) is 7.05 Å². The van der Waals surface area contributed by atoms with Gasteiger partial charge in [0.1, 0.15) is 11.6 Å².